The highest BCUT2D eigenvalue weighted by Gasteiger charge is 2.15. The number of para-hydroxylation sites is 2. The van der Waals surface area contributed by atoms with Crippen molar-refractivity contribution in [3.8, 4) is 0 Å². The fraction of sp³-hybridized carbons (Fsp3) is 0.148. The van der Waals surface area contributed by atoms with Crippen LogP contribution in [-0.2, 0) is 31.9 Å². The highest BCUT2D eigenvalue weighted by Crippen LogP contribution is 2.20. The molecule has 0 amide bonds. The van der Waals surface area contributed by atoms with Gasteiger partial charge in [0.05, 0.1) is 11.5 Å². The molecule has 35 heavy (non-hydrogen) atoms. The minimum absolute atomic E-state index is 0.0516. The van der Waals surface area contributed by atoms with Crippen molar-refractivity contribution in [1.82, 2.24) is 0 Å². The third-order valence-corrected chi connectivity index (χ3v) is 6.50. The average Bonchev–Trinajstić information content (AvgIpc) is 3.42. The zero-order valence-corrected chi connectivity index (χ0v) is 19.8. The Morgan fingerprint density at radius 3 is 1.94 bits per heavy atom. The lowest BCUT2D eigenvalue weighted by Gasteiger charge is -2.05. The van der Waals surface area contributed by atoms with Crippen molar-refractivity contribution in [2.75, 3.05) is 6.61 Å². The lowest BCUT2D eigenvalue weighted by molar-refractivity contribution is -0.136. The summed E-state index contributed by atoms with van der Waals surface area (Å²) in [7, 11) is -3.72. The van der Waals surface area contributed by atoms with Crippen LogP contribution in [0.5, 0.6) is 0 Å². The zero-order chi connectivity index (χ0) is 24.8. The Bertz CT molecular complexity index is 1480. The SMILES string of the molecule is Cc1ccc(S(=O)(=O)OCCc2cc3ccccc3o2)cc1.O=C(O)Cc1cc2ccccc2o1. The minimum Gasteiger partial charge on any atom is -0.481 e. The molecule has 0 saturated heterocycles. The number of carboxylic acids is 1. The Morgan fingerprint density at radius 1 is 0.829 bits per heavy atom. The number of carbonyl (C=O) groups is 1. The van der Waals surface area contributed by atoms with Gasteiger partial charge in [-0.15, -0.1) is 0 Å². The number of hydrogen-bond donors (Lipinski definition) is 1. The predicted octanol–water partition coefficient (Wildman–Crippen LogP) is 5.75. The van der Waals surface area contributed by atoms with Crippen molar-refractivity contribution in [1.29, 1.82) is 0 Å². The van der Waals surface area contributed by atoms with Gasteiger partial charge in [-0.25, -0.2) is 0 Å². The number of benzene rings is 3. The van der Waals surface area contributed by atoms with Gasteiger partial charge < -0.3 is 13.9 Å². The lowest BCUT2D eigenvalue weighted by atomic mass is 10.2. The van der Waals surface area contributed by atoms with Gasteiger partial charge in [0.2, 0.25) is 0 Å². The first kappa shape index (κ1) is 24.3. The maximum absolute atomic E-state index is 12.1. The molecule has 0 aliphatic carbocycles. The topological polar surface area (TPSA) is 107 Å². The molecule has 0 aliphatic rings. The third-order valence-electron chi connectivity index (χ3n) is 5.18. The molecule has 0 spiro atoms. The van der Waals surface area contributed by atoms with E-state index in [0.717, 1.165) is 27.5 Å². The van der Waals surface area contributed by atoms with Gasteiger partial charge >= 0.3 is 5.97 Å². The van der Waals surface area contributed by atoms with Crippen molar-refractivity contribution in [3.63, 3.8) is 0 Å². The highest BCUT2D eigenvalue weighted by molar-refractivity contribution is 7.86. The molecule has 0 saturated carbocycles. The summed E-state index contributed by atoms with van der Waals surface area (Å²) in [5, 5.41) is 10.5. The van der Waals surface area contributed by atoms with Crippen molar-refractivity contribution >= 4 is 38.0 Å². The van der Waals surface area contributed by atoms with Crippen molar-refractivity contribution in [2.24, 2.45) is 0 Å². The van der Waals surface area contributed by atoms with E-state index >= 15 is 0 Å². The van der Waals surface area contributed by atoms with Gasteiger partial charge in [0, 0.05) is 17.2 Å². The first-order valence-corrected chi connectivity index (χ1v) is 12.3. The Morgan fingerprint density at radius 2 is 1.37 bits per heavy atom. The van der Waals surface area contributed by atoms with Crippen LogP contribution >= 0.6 is 0 Å². The number of aliphatic carboxylic acids is 1. The molecular weight excluding hydrogens is 468 g/mol. The molecule has 5 rings (SSSR count). The van der Waals surface area contributed by atoms with E-state index in [-0.39, 0.29) is 17.9 Å². The van der Waals surface area contributed by atoms with E-state index in [1.54, 1.807) is 30.3 Å². The van der Waals surface area contributed by atoms with Crippen LogP contribution in [0.3, 0.4) is 0 Å². The maximum atomic E-state index is 12.1. The van der Waals surface area contributed by atoms with Gasteiger partial charge in [0.15, 0.2) is 0 Å². The summed E-state index contributed by atoms with van der Waals surface area (Å²) in [6, 6.07) is 25.4. The minimum atomic E-state index is -3.72. The van der Waals surface area contributed by atoms with Crippen LogP contribution in [0.15, 0.2) is 98.7 Å². The monoisotopic (exact) mass is 492 g/mol. The average molecular weight is 493 g/mol. The molecule has 0 aliphatic heterocycles. The number of hydrogen-bond acceptors (Lipinski definition) is 6. The Hall–Kier alpha value is -3.88. The van der Waals surface area contributed by atoms with Gasteiger partial charge in [-0.2, -0.15) is 8.42 Å². The van der Waals surface area contributed by atoms with Crippen LogP contribution in [-0.4, -0.2) is 26.1 Å². The predicted molar refractivity (Wildman–Crippen MR) is 132 cm³/mol. The molecule has 8 heteroatoms. The van der Waals surface area contributed by atoms with Crippen LogP contribution < -0.4 is 0 Å². The quantitative estimate of drug-likeness (QED) is 0.288. The standard InChI is InChI=1S/C17H16O4S.C10H8O3/c1-13-6-8-16(9-7-13)22(18,19)20-11-10-15-12-14-4-2-3-5-17(14)21-15;11-10(12)6-8-5-7-3-1-2-4-9(7)13-8/h2-9,12H,10-11H2,1H3;1-5H,6H2,(H,11,12). The van der Waals surface area contributed by atoms with E-state index in [2.05, 4.69) is 0 Å². The van der Waals surface area contributed by atoms with E-state index in [9.17, 15) is 13.2 Å². The Balaban J connectivity index is 0.000000189. The Kier molecular flexibility index (Phi) is 7.33. The van der Waals surface area contributed by atoms with Gasteiger partial charge in [-0.3, -0.25) is 8.98 Å². The number of fused-ring (bicyclic) bond motifs is 2. The van der Waals surface area contributed by atoms with Gasteiger partial charge in [-0.05, 0) is 43.3 Å². The van der Waals surface area contributed by atoms with Crippen LogP contribution in [0.4, 0.5) is 0 Å². The summed E-state index contributed by atoms with van der Waals surface area (Å²) in [6.45, 7) is 1.95. The molecule has 3 aromatic carbocycles. The van der Waals surface area contributed by atoms with Crippen LogP contribution in [0, 0.1) is 6.92 Å². The summed E-state index contributed by atoms with van der Waals surface area (Å²) >= 11 is 0. The molecule has 5 aromatic rings. The molecule has 2 heterocycles. The summed E-state index contributed by atoms with van der Waals surface area (Å²) in [5.74, 6) is 0.327. The fourth-order valence-corrected chi connectivity index (χ4v) is 4.37. The molecule has 0 fully saturated rings. The van der Waals surface area contributed by atoms with Gasteiger partial charge in [0.1, 0.15) is 29.1 Å². The second-order valence-electron chi connectivity index (χ2n) is 7.91. The molecule has 180 valence electrons. The molecule has 2 aromatic heterocycles. The molecule has 0 atom stereocenters. The summed E-state index contributed by atoms with van der Waals surface area (Å²) < 4.78 is 40.1. The van der Waals surface area contributed by atoms with Crippen molar-refractivity contribution in [2.45, 2.75) is 24.7 Å². The van der Waals surface area contributed by atoms with E-state index < -0.39 is 16.1 Å². The van der Waals surface area contributed by atoms with Crippen molar-refractivity contribution < 1.29 is 31.3 Å². The van der Waals surface area contributed by atoms with Gasteiger partial charge in [-0.1, -0.05) is 54.1 Å². The molecule has 0 bridgehead atoms. The highest BCUT2D eigenvalue weighted by atomic mass is 32.2. The largest absolute Gasteiger partial charge is 0.481 e. The summed E-state index contributed by atoms with van der Waals surface area (Å²) in [4.78, 5) is 10.6. The Labute approximate surface area is 202 Å². The first-order valence-electron chi connectivity index (χ1n) is 10.9. The third kappa shape index (κ3) is 6.38. The molecule has 0 unspecified atom stereocenters. The van der Waals surface area contributed by atoms with E-state index in [1.807, 2.05) is 61.5 Å². The van der Waals surface area contributed by atoms with Crippen molar-refractivity contribution in [3.05, 3.63) is 102 Å². The second kappa shape index (κ2) is 10.6. The first-order chi connectivity index (χ1) is 16.8. The lowest BCUT2D eigenvalue weighted by Crippen LogP contribution is -2.09. The number of furan rings is 2. The van der Waals surface area contributed by atoms with E-state index in [1.165, 1.54) is 0 Å². The molecule has 0 radical (unpaired) electrons. The molecule has 1 N–H and O–H groups in total. The summed E-state index contributed by atoms with van der Waals surface area (Å²) in [6.07, 6.45) is 0.342. The fourth-order valence-electron chi connectivity index (χ4n) is 3.46. The van der Waals surface area contributed by atoms with Crippen LogP contribution in [0.1, 0.15) is 17.1 Å². The number of carboxylic acid groups (broad SMARTS) is 1. The van der Waals surface area contributed by atoms with E-state index in [0.29, 0.717) is 17.9 Å². The maximum Gasteiger partial charge on any atom is 0.311 e. The summed E-state index contributed by atoms with van der Waals surface area (Å²) in [5.41, 5.74) is 2.53. The van der Waals surface area contributed by atoms with Crippen LogP contribution in [0.2, 0.25) is 0 Å². The second-order valence-corrected chi connectivity index (χ2v) is 9.53. The zero-order valence-electron chi connectivity index (χ0n) is 19.0. The smallest absolute Gasteiger partial charge is 0.311 e. The van der Waals surface area contributed by atoms with Gasteiger partial charge in [0.25, 0.3) is 10.1 Å². The van der Waals surface area contributed by atoms with Crippen LogP contribution in [0.25, 0.3) is 21.9 Å². The number of rotatable bonds is 7. The number of aryl methyl sites for hydroxylation is 1. The molecule has 7 nitrogen and oxygen atoms in total. The molecular formula is C27H24O7S. The van der Waals surface area contributed by atoms with E-state index in [4.69, 9.17) is 18.1 Å². The normalized spacial score (nSPS) is 11.3.